The van der Waals surface area contributed by atoms with Gasteiger partial charge in [0.15, 0.2) is 0 Å². The Balaban J connectivity index is 1.85. The maximum atomic E-state index is 11.0. The van der Waals surface area contributed by atoms with Gasteiger partial charge in [-0.3, -0.25) is 0 Å². The average Bonchev–Trinajstić information content (AvgIpc) is 2.64. The Morgan fingerprint density at radius 3 is 2.79 bits per heavy atom. The summed E-state index contributed by atoms with van der Waals surface area (Å²) in [5.41, 5.74) is 0. The molecule has 2 nitrogen and oxygen atoms in total. The molecule has 78 valence electrons. The van der Waals surface area contributed by atoms with Crippen LogP contribution in [0.1, 0.15) is 38.5 Å². The maximum Gasteiger partial charge on any atom is 0.330 e. The number of carbonyl (C=O) groups excluding carboxylic acids is 1. The van der Waals surface area contributed by atoms with E-state index in [1.807, 2.05) is 0 Å². The zero-order chi connectivity index (χ0) is 9.97. The van der Waals surface area contributed by atoms with Crippen LogP contribution < -0.4 is 0 Å². The standard InChI is InChI=1S/C12H18O2/c1-2-12(13)14-11-7-6-9-4-3-5-10(9)8-11/h2,9-11H,1,3-8H2. The SMILES string of the molecule is C=CC(=O)OC1CCC2CCCC2C1. The van der Waals surface area contributed by atoms with Crippen LogP contribution in [-0.4, -0.2) is 12.1 Å². The largest absolute Gasteiger partial charge is 0.459 e. The van der Waals surface area contributed by atoms with Gasteiger partial charge < -0.3 is 4.74 Å². The number of ether oxygens (including phenoxy) is 1. The molecule has 0 N–H and O–H groups in total. The van der Waals surface area contributed by atoms with Gasteiger partial charge in [-0.2, -0.15) is 0 Å². The molecule has 0 saturated heterocycles. The van der Waals surface area contributed by atoms with Gasteiger partial charge in [0.25, 0.3) is 0 Å². The summed E-state index contributed by atoms with van der Waals surface area (Å²) in [6.07, 6.45) is 8.93. The maximum absolute atomic E-state index is 11.0. The molecule has 0 radical (unpaired) electrons. The van der Waals surface area contributed by atoms with Crippen molar-refractivity contribution in [3.63, 3.8) is 0 Å². The third-order valence-electron chi connectivity index (χ3n) is 3.69. The van der Waals surface area contributed by atoms with E-state index >= 15 is 0 Å². The second kappa shape index (κ2) is 4.16. The first-order chi connectivity index (χ1) is 6.79. The van der Waals surface area contributed by atoms with Crippen molar-refractivity contribution in [2.75, 3.05) is 0 Å². The molecule has 0 amide bonds. The minimum Gasteiger partial charge on any atom is -0.459 e. The fourth-order valence-corrected chi connectivity index (χ4v) is 2.98. The molecule has 0 bridgehead atoms. The Bertz CT molecular complexity index is 234. The van der Waals surface area contributed by atoms with Gasteiger partial charge in [0.2, 0.25) is 0 Å². The lowest BCUT2D eigenvalue weighted by Gasteiger charge is -2.31. The third kappa shape index (κ3) is 1.99. The number of esters is 1. The summed E-state index contributed by atoms with van der Waals surface area (Å²) < 4.78 is 5.29. The van der Waals surface area contributed by atoms with Crippen LogP contribution in [0.3, 0.4) is 0 Å². The summed E-state index contributed by atoms with van der Waals surface area (Å²) in [4.78, 5) is 11.0. The van der Waals surface area contributed by atoms with E-state index < -0.39 is 0 Å². The molecule has 14 heavy (non-hydrogen) atoms. The summed E-state index contributed by atoms with van der Waals surface area (Å²) in [6.45, 7) is 3.42. The van der Waals surface area contributed by atoms with Crippen LogP contribution in [0.25, 0.3) is 0 Å². The van der Waals surface area contributed by atoms with Gasteiger partial charge in [0, 0.05) is 6.08 Å². The van der Waals surface area contributed by atoms with Gasteiger partial charge in [-0.05, 0) is 31.1 Å². The first-order valence-electron chi connectivity index (χ1n) is 5.62. The smallest absolute Gasteiger partial charge is 0.330 e. The van der Waals surface area contributed by atoms with Crippen LogP contribution in [0.2, 0.25) is 0 Å². The van der Waals surface area contributed by atoms with Gasteiger partial charge in [-0.15, -0.1) is 0 Å². The highest BCUT2D eigenvalue weighted by Crippen LogP contribution is 2.42. The van der Waals surface area contributed by atoms with Gasteiger partial charge >= 0.3 is 5.97 Å². The molecule has 0 heterocycles. The summed E-state index contributed by atoms with van der Waals surface area (Å²) in [5, 5.41) is 0. The third-order valence-corrected chi connectivity index (χ3v) is 3.69. The number of fused-ring (bicyclic) bond motifs is 1. The molecule has 2 aliphatic carbocycles. The number of carbonyl (C=O) groups is 1. The normalized spacial score (nSPS) is 36.1. The van der Waals surface area contributed by atoms with Crippen molar-refractivity contribution < 1.29 is 9.53 Å². The van der Waals surface area contributed by atoms with Crippen molar-refractivity contribution in [3.05, 3.63) is 12.7 Å². The molecule has 0 aromatic carbocycles. The molecule has 0 aliphatic heterocycles. The summed E-state index contributed by atoms with van der Waals surface area (Å²) in [5.74, 6) is 1.49. The lowest BCUT2D eigenvalue weighted by atomic mass is 9.80. The number of rotatable bonds is 2. The number of hydrogen-bond donors (Lipinski definition) is 0. The Kier molecular flexibility index (Phi) is 2.90. The molecule has 2 saturated carbocycles. The van der Waals surface area contributed by atoms with Crippen molar-refractivity contribution >= 4 is 5.97 Å². The predicted octanol–water partition coefficient (Wildman–Crippen LogP) is 2.68. The summed E-state index contributed by atoms with van der Waals surface area (Å²) in [6, 6.07) is 0. The fraction of sp³-hybridized carbons (Fsp3) is 0.750. The van der Waals surface area contributed by atoms with Crippen LogP contribution in [0.5, 0.6) is 0 Å². The molecule has 3 atom stereocenters. The van der Waals surface area contributed by atoms with Gasteiger partial charge in [0.1, 0.15) is 6.10 Å². The van der Waals surface area contributed by atoms with Crippen LogP contribution in [0, 0.1) is 11.8 Å². The Hall–Kier alpha value is -0.790. The van der Waals surface area contributed by atoms with Crippen LogP contribution in [-0.2, 0) is 9.53 Å². The second-order valence-electron chi connectivity index (χ2n) is 4.53. The van der Waals surface area contributed by atoms with Crippen molar-refractivity contribution in [2.24, 2.45) is 11.8 Å². The lowest BCUT2D eigenvalue weighted by Crippen LogP contribution is -2.28. The zero-order valence-corrected chi connectivity index (χ0v) is 8.58. The van der Waals surface area contributed by atoms with Crippen LogP contribution in [0.4, 0.5) is 0 Å². The van der Waals surface area contributed by atoms with Crippen molar-refractivity contribution in [2.45, 2.75) is 44.6 Å². The molecular formula is C12H18O2. The highest BCUT2D eigenvalue weighted by Gasteiger charge is 2.34. The van der Waals surface area contributed by atoms with Crippen molar-refractivity contribution in [1.82, 2.24) is 0 Å². The monoisotopic (exact) mass is 194 g/mol. The number of hydrogen-bond acceptors (Lipinski definition) is 2. The summed E-state index contributed by atoms with van der Waals surface area (Å²) >= 11 is 0. The van der Waals surface area contributed by atoms with Crippen molar-refractivity contribution in [3.8, 4) is 0 Å². The molecule has 0 spiro atoms. The Morgan fingerprint density at radius 1 is 1.21 bits per heavy atom. The van der Waals surface area contributed by atoms with E-state index in [1.165, 1.54) is 31.8 Å². The summed E-state index contributed by atoms with van der Waals surface area (Å²) in [7, 11) is 0. The molecule has 2 rings (SSSR count). The minimum atomic E-state index is -0.258. The van der Waals surface area contributed by atoms with Gasteiger partial charge in [-0.1, -0.05) is 25.8 Å². The topological polar surface area (TPSA) is 26.3 Å². The van der Waals surface area contributed by atoms with E-state index in [1.54, 1.807) is 0 Å². The van der Waals surface area contributed by atoms with E-state index in [0.717, 1.165) is 24.7 Å². The van der Waals surface area contributed by atoms with E-state index in [0.29, 0.717) is 0 Å². The highest BCUT2D eigenvalue weighted by atomic mass is 16.5. The molecule has 0 aromatic rings. The second-order valence-corrected chi connectivity index (χ2v) is 4.53. The van der Waals surface area contributed by atoms with E-state index in [9.17, 15) is 4.79 Å². The molecule has 0 aromatic heterocycles. The lowest BCUT2D eigenvalue weighted by molar-refractivity contribution is -0.145. The van der Waals surface area contributed by atoms with Gasteiger partial charge in [0.05, 0.1) is 0 Å². The average molecular weight is 194 g/mol. The van der Waals surface area contributed by atoms with Crippen LogP contribution in [0.15, 0.2) is 12.7 Å². The molecule has 3 unspecified atom stereocenters. The molecule has 2 aliphatic rings. The molecular weight excluding hydrogens is 176 g/mol. The van der Waals surface area contributed by atoms with E-state index in [4.69, 9.17) is 4.74 Å². The van der Waals surface area contributed by atoms with Crippen LogP contribution >= 0.6 is 0 Å². The van der Waals surface area contributed by atoms with E-state index in [-0.39, 0.29) is 12.1 Å². The Labute approximate surface area is 85.3 Å². The highest BCUT2D eigenvalue weighted by molar-refractivity contribution is 5.81. The van der Waals surface area contributed by atoms with Gasteiger partial charge in [-0.25, -0.2) is 4.79 Å². The van der Waals surface area contributed by atoms with Crippen molar-refractivity contribution in [1.29, 1.82) is 0 Å². The minimum absolute atomic E-state index is 0.167. The zero-order valence-electron chi connectivity index (χ0n) is 8.58. The first kappa shape index (κ1) is 9.75. The fourth-order valence-electron chi connectivity index (χ4n) is 2.98. The predicted molar refractivity (Wildman–Crippen MR) is 54.8 cm³/mol. The molecule has 2 heteroatoms. The first-order valence-corrected chi connectivity index (χ1v) is 5.62. The van der Waals surface area contributed by atoms with E-state index in [2.05, 4.69) is 6.58 Å². The molecule has 2 fully saturated rings. The Morgan fingerprint density at radius 2 is 2.00 bits per heavy atom. The quantitative estimate of drug-likeness (QED) is 0.499.